The Balaban J connectivity index is 2.00. The van der Waals surface area contributed by atoms with E-state index in [1.807, 2.05) is 34.5 Å². The van der Waals surface area contributed by atoms with Gasteiger partial charge in [0, 0.05) is 6.54 Å². The van der Waals surface area contributed by atoms with E-state index in [1.165, 1.54) is 25.0 Å². The number of nitrogens with two attached hydrogens (primary N) is 1. The minimum atomic E-state index is 0.467. The molecular weight excluding hydrogens is 232 g/mol. The van der Waals surface area contributed by atoms with E-state index in [4.69, 9.17) is 5.73 Å². The first-order valence-electron chi connectivity index (χ1n) is 6.05. The van der Waals surface area contributed by atoms with Crippen LogP contribution in [0.3, 0.4) is 0 Å². The fourth-order valence-corrected chi connectivity index (χ4v) is 3.45. The van der Waals surface area contributed by atoms with Crippen LogP contribution >= 0.6 is 11.8 Å². The number of thioether (sulfide) groups is 1. The van der Waals surface area contributed by atoms with Crippen LogP contribution in [-0.4, -0.2) is 20.4 Å². The zero-order valence-electron chi connectivity index (χ0n) is 9.67. The minimum Gasteiger partial charge on any atom is -0.325 e. The Morgan fingerprint density at radius 3 is 3.12 bits per heavy atom. The van der Waals surface area contributed by atoms with E-state index < -0.39 is 0 Å². The molecule has 1 unspecified atom stereocenters. The number of nitrogens with zero attached hydrogens (tertiary/aromatic N) is 3. The van der Waals surface area contributed by atoms with Gasteiger partial charge in [-0.15, -0.1) is 5.10 Å². The summed E-state index contributed by atoms with van der Waals surface area (Å²) in [5.74, 6) is 2.19. The molecule has 0 spiro atoms. The van der Waals surface area contributed by atoms with Gasteiger partial charge in [-0.2, -0.15) is 11.8 Å². The summed E-state index contributed by atoms with van der Waals surface area (Å²) >= 11 is 1.98. The van der Waals surface area contributed by atoms with Crippen molar-refractivity contribution in [3.05, 3.63) is 29.7 Å². The Morgan fingerprint density at radius 1 is 1.41 bits per heavy atom. The van der Waals surface area contributed by atoms with Gasteiger partial charge in [-0.05, 0) is 30.7 Å². The summed E-state index contributed by atoms with van der Waals surface area (Å²) in [4.78, 5) is 4.62. The monoisotopic (exact) mass is 248 g/mol. The molecule has 90 valence electrons. The van der Waals surface area contributed by atoms with E-state index in [9.17, 15) is 0 Å². The molecule has 0 saturated carbocycles. The van der Waals surface area contributed by atoms with Gasteiger partial charge >= 0.3 is 0 Å². The number of hydrogen-bond donors (Lipinski definition) is 1. The fraction of sp³-hybridized carbons (Fsp3) is 0.500. The zero-order chi connectivity index (χ0) is 11.7. The van der Waals surface area contributed by atoms with E-state index in [-0.39, 0.29) is 0 Å². The van der Waals surface area contributed by atoms with Crippen molar-refractivity contribution >= 4 is 17.4 Å². The van der Waals surface area contributed by atoms with Gasteiger partial charge in [-0.25, -0.2) is 9.50 Å². The second kappa shape index (κ2) is 4.66. The van der Waals surface area contributed by atoms with Gasteiger partial charge in [0.25, 0.3) is 0 Å². The van der Waals surface area contributed by atoms with Crippen molar-refractivity contribution < 1.29 is 0 Å². The van der Waals surface area contributed by atoms with Gasteiger partial charge in [-0.3, -0.25) is 0 Å². The molecule has 1 atom stereocenters. The molecule has 0 radical (unpaired) electrons. The second-order valence-electron chi connectivity index (χ2n) is 4.32. The quantitative estimate of drug-likeness (QED) is 0.884. The molecular formula is C12H16N4S. The molecule has 0 aromatic carbocycles. The maximum absolute atomic E-state index is 5.71. The lowest BCUT2D eigenvalue weighted by Crippen LogP contribution is -2.06. The summed E-state index contributed by atoms with van der Waals surface area (Å²) in [6, 6.07) is 5.98. The first-order valence-corrected chi connectivity index (χ1v) is 7.09. The Bertz CT molecular complexity index is 516. The van der Waals surface area contributed by atoms with Crippen LogP contribution in [-0.2, 0) is 6.54 Å². The standard InChI is InChI=1S/C12H16N4S/c13-8-9-4-3-6-11-14-12(15-16(9)11)10-5-1-2-7-17-10/h3-4,6,10H,1-2,5,7-8,13H2. The summed E-state index contributed by atoms with van der Waals surface area (Å²) in [5, 5.41) is 5.08. The second-order valence-corrected chi connectivity index (χ2v) is 5.63. The minimum absolute atomic E-state index is 0.467. The molecule has 0 bridgehead atoms. The number of fused-ring (bicyclic) bond motifs is 1. The predicted octanol–water partition coefficient (Wildman–Crippen LogP) is 2.15. The largest absolute Gasteiger partial charge is 0.325 e. The van der Waals surface area contributed by atoms with Crippen molar-refractivity contribution in [2.45, 2.75) is 31.1 Å². The van der Waals surface area contributed by atoms with E-state index >= 15 is 0 Å². The van der Waals surface area contributed by atoms with Gasteiger partial charge in [0.05, 0.1) is 10.9 Å². The number of aromatic nitrogens is 3. The van der Waals surface area contributed by atoms with Crippen LogP contribution in [0.5, 0.6) is 0 Å². The maximum atomic E-state index is 5.71. The molecule has 1 saturated heterocycles. The highest BCUT2D eigenvalue weighted by atomic mass is 32.2. The van der Waals surface area contributed by atoms with Gasteiger partial charge in [0.2, 0.25) is 0 Å². The average molecular weight is 248 g/mol. The normalized spacial score (nSPS) is 20.9. The molecule has 0 aliphatic carbocycles. The molecule has 5 heteroatoms. The van der Waals surface area contributed by atoms with Gasteiger partial charge in [0.15, 0.2) is 11.5 Å². The fourth-order valence-electron chi connectivity index (χ4n) is 2.21. The van der Waals surface area contributed by atoms with Gasteiger partial charge < -0.3 is 5.73 Å². The Kier molecular flexibility index (Phi) is 3.03. The lowest BCUT2D eigenvalue weighted by Gasteiger charge is -2.17. The van der Waals surface area contributed by atoms with Crippen LogP contribution in [0.2, 0.25) is 0 Å². The van der Waals surface area contributed by atoms with Crippen LogP contribution in [0.15, 0.2) is 18.2 Å². The van der Waals surface area contributed by atoms with Crippen molar-refractivity contribution in [1.82, 2.24) is 14.6 Å². The van der Waals surface area contributed by atoms with Crippen LogP contribution in [0, 0.1) is 0 Å². The van der Waals surface area contributed by atoms with Crippen molar-refractivity contribution in [3.8, 4) is 0 Å². The molecule has 2 aromatic heterocycles. The van der Waals surface area contributed by atoms with E-state index in [0.29, 0.717) is 11.8 Å². The van der Waals surface area contributed by atoms with E-state index in [2.05, 4.69) is 10.1 Å². The lowest BCUT2D eigenvalue weighted by molar-refractivity contribution is 0.659. The third kappa shape index (κ3) is 2.05. The first-order chi connectivity index (χ1) is 8.38. The highest BCUT2D eigenvalue weighted by Gasteiger charge is 2.20. The molecule has 3 heterocycles. The van der Waals surface area contributed by atoms with Crippen molar-refractivity contribution in [2.24, 2.45) is 5.73 Å². The summed E-state index contributed by atoms with van der Waals surface area (Å²) in [6.45, 7) is 0.498. The van der Waals surface area contributed by atoms with Crippen LogP contribution in [0.1, 0.15) is 36.0 Å². The first kappa shape index (κ1) is 11.0. The Morgan fingerprint density at radius 2 is 2.35 bits per heavy atom. The molecule has 1 aliphatic heterocycles. The highest BCUT2D eigenvalue weighted by molar-refractivity contribution is 7.99. The summed E-state index contributed by atoms with van der Waals surface area (Å²) < 4.78 is 1.88. The summed E-state index contributed by atoms with van der Waals surface area (Å²) in [5.41, 5.74) is 7.64. The van der Waals surface area contributed by atoms with E-state index in [1.54, 1.807) is 0 Å². The molecule has 4 nitrogen and oxygen atoms in total. The highest BCUT2D eigenvalue weighted by Crippen LogP contribution is 2.36. The van der Waals surface area contributed by atoms with Crippen molar-refractivity contribution in [2.75, 3.05) is 5.75 Å². The van der Waals surface area contributed by atoms with Crippen molar-refractivity contribution in [1.29, 1.82) is 0 Å². The zero-order valence-corrected chi connectivity index (χ0v) is 10.5. The lowest BCUT2D eigenvalue weighted by atomic mass is 10.2. The van der Waals surface area contributed by atoms with Gasteiger partial charge in [0.1, 0.15) is 0 Å². The molecule has 2 aromatic rings. The molecule has 1 aliphatic rings. The van der Waals surface area contributed by atoms with Crippen molar-refractivity contribution in [3.63, 3.8) is 0 Å². The molecule has 3 rings (SSSR count). The van der Waals surface area contributed by atoms with Crippen LogP contribution in [0.25, 0.3) is 5.65 Å². The molecule has 0 amide bonds. The topological polar surface area (TPSA) is 56.2 Å². The third-order valence-electron chi connectivity index (χ3n) is 3.13. The maximum Gasteiger partial charge on any atom is 0.164 e. The smallest absolute Gasteiger partial charge is 0.164 e. The molecule has 2 N–H and O–H groups in total. The number of pyridine rings is 1. The number of hydrogen-bond acceptors (Lipinski definition) is 4. The molecule has 17 heavy (non-hydrogen) atoms. The number of rotatable bonds is 2. The summed E-state index contributed by atoms with van der Waals surface area (Å²) in [7, 11) is 0. The predicted molar refractivity (Wildman–Crippen MR) is 69.9 cm³/mol. The molecule has 1 fully saturated rings. The Labute approximate surface area is 105 Å². The van der Waals surface area contributed by atoms with Crippen LogP contribution in [0.4, 0.5) is 0 Å². The van der Waals surface area contributed by atoms with Crippen LogP contribution < -0.4 is 5.73 Å². The van der Waals surface area contributed by atoms with Gasteiger partial charge in [-0.1, -0.05) is 12.5 Å². The summed E-state index contributed by atoms with van der Waals surface area (Å²) in [6.07, 6.45) is 3.80. The van der Waals surface area contributed by atoms with E-state index in [0.717, 1.165) is 17.2 Å². The Hall–Kier alpha value is -1.07. The SMILES string of the molecule is NCc1cccc2nc(C3CCCCS3)nn12. The average Bonchev–Trinajstić information content (AvgIpc) is 2.83. The third-order valence-corrected chi connectivity index (χ3v) is 4.50.